The normalized spacial score (nSPS) is 29.0. The predicted octanol–water partition coefficient (Wildman–Crippen LogP) is 2.65. The molecule has 110 valence electrons. The molecule has 0 spiro atoms. The first-order chi connectivity index (χ1) is 9.29. The number of carbonyl (C=O) groups excluding carboxylic acids is 1. The van der Waals surface area contributed by atoms with Crippen LogP contribution < -0.4 is 5.32 Å². The van der Waals surface area contributed by atoms with Gasteiger partial charge in [0.15, 0.2) is 0 Å². The Morgan fingerprint density at radius 2 is 1.74 bits per heavy atom. The van der Waals surface area contributed by atoms with E-state index in [4.69, 9.17) is 0 Å². The van der Waals surface area contributed by atoms with Crippen LogP contribution in [0, 0.1) is 0 Å². The Bertz CT molecular complexity index is 269. The predicted molar refractivity (Wildman–Crippen MR) is 82.6 cm³/mol. The molecular formula is C15H28N2OS. The van der Waals surface area contributed by atoms with Crippen molar-refractivity contribution in [2.45, 2.75) is 62.7 Å². The van der Waals surface area contributed by atoms with Gasteiger partial charge in [-0.1, -0.05) is 12.8 Å². The zero-order valence-electron chi connectivity index (χ0n) is 12.2. The summed E-state index contributed by atoms with van der Waals surface area (Å²) in [5.41, 5.74) is 0. The number of hydrogen-bond donors (Lipinski definition) is 1. The highest BCUT2D eigenvalue weighted by molar-refractivity contribution is 7.99. The van der Waals surface area contributed by atoms with Gasteiger partial charge in [-0.2, -0.15) is 11.8 Å². The summed E-state index contributed by atoms with van der Waals surface area (Å²) in [5, 5.41) is 4.33. The second kappa shape index (κ2) is 8.15. The zero-order valence-corrected chi connectivity index (χ0v) is 13.0. The second-order valence-electron chi connectivity index (χ2n) is 5.89. The minimum absolute atomic E-state index is 0.314. The Balaban J connectivity index is 1.65. The van der Waals surface area contributed by atoms with E-state index in [0.717, 1.165) is 18.3 Å². The van der Waals surface area contributed by atoms with E-state index in [2.05, 4.69) is 16.5 Å². The Hall–Kier alpha value is -0.220. The minimum atomic E-state index is 0.314. The van der Waals surface area contributed by atoms with Gasteiger partial charge >= 0.3 is 0 Å². The van der Waals surface area contributed by atoms with Gasteiger partial charge in [-0.05, 0) is 44.8 Å². The molecule has 0 aromatic carbocycles. The average Bonchev–Trinajstić information content (AvgIpc) is 2.74. The Kier molecular flexibility index (Phi) is 6.51. The third-order valence-electron chi connectivity index (χ3n) is 4.51. The quantitative estimate of drug-likeness (QED) is 0.861. The van der Waals surface area contributed by atoms with Crippen molar-refractivity contribution in [1.29, 1.82) is 0 Å². The van der Waals surface area contributed by atoms with Crippen molar-refractivity contribution in [3.8, 4) is 0 Å². The largest absolute Gasteiger partial charge is 0.342 e. The Morgan fingerprint density at radius 3 is 2.32 bits per heavy atom. The van der Waals surface area contributed by atoms with E-state index >= 15 is 0 Å². The summed E-state index contributed by atoms with van der Waals surface area (Å²) in [7, 11) is 0. The van der Waals surface area contributed by atoms with E-state index in [1.54, 1.807) is 0 Å². The summed E-state index contributed by atoms with van der Waals surface area (Å²) in [6.45, 7) is 2.49. The van der Waals surface area contributed by atoms with Crippen LogP contribution in [0.5, 0.6) is 0 Å². The summed E-state index contributed by atoms with van der Waals surface area (Å²) in [6, 6.07) is 0.569. The standard InChI is InChI=1S/C15H28N2OS/c1-19-14-8-6-13(7-9-14)16-12-15(18)17-10-4-2-3-5-11-17/h13-14,16H,2-12H2,1H3. The molecular weight excluding hydrogens is 256 g/mol. The van der Waals surface area contributed by atoms with Gasteiger partial charge in [0.05, 0.1) is 6.54 Å². The van der Waals surface area contributed by atoms with Crippen LogP contribution in [0.4, 0.5) is 0 Å². The molecule has 0 bridgehead atoms. The molecule has 0 atom stereocenters. The third-order valence-corrected chi connectivity index (χ3v) is 5.65. The molecule has 1 amide bonds. The SMILES string of the molecule is CSC1CCC(NCC(=O)N2CCCCCC2)CC1. The molecule has 2 fully saturated rings. The lowest BCUT2D eigenvalue weighted by molar-refractivity contribution is -0.130. The number of rotatable bonds is 4. The van der Waals surface area contributed by atoms with E-state index in [-0.39, 0.29) is 0 Å². The van der Waals surface area contributed by atoms with E-state index in [1.165, 1.54) is 51.4 Å². The smallest absolute Gasteiger partial charge is 0.236 e. The monoisotopic (exact) mass is 284 g/mol. The molecule has 0 radical (unpaired) electrons. The fourth-order valence-corrected chi connectivity index (χ4v) is 3.91. The van der Waals surface area contributed by atoms with Crippen molar-refractivity contribution in [2.75, 3.05) is 25.9 Å². The first-order valence-electron chi connectivity index (χ1n) is 7.83. The number of nitrogens with zero attached hydrogens (tertiary/aromatic N) is 1. The van der Waals surface area contributed by atoms with Crippen LogP contribution in [0.25, 0.3) is 0 Å². The van der Waals surface area contributed by atoms with E-state index in [0.29, 0.717) is 18.5 Å². The van der Waals surface area contributed by atoms with Crippen molar-refractivity contribution in [1.82, 2.24) is 10.2 Å². The van der Waals surface area contributed by atoms with E-state index in [1.807, 2.05) is 11.8 Å². The molecule has 0 aromatic heterocycles. The summed E-state index contributed by atoms with van der Waals surface area (Å²) >= 11 is 1.99. The van der Waals surface area contributed by atoms with E-state index in [9.17, 15) is 4.79 Å². The van der Waals surface area contributed by atoms with Crippen LogP contribution in [0.15, 0.2) is 0 Å². The van der Waals surface area contributed by atoms with Gasteiger partial charge < -0.3 is 10.2 Å². The van der Waals surface area contributed by atoms with E-state index < -0.39 is 0 Å². The van der Waals surface area contributed by atoms with Gasteiger partial charge in [0.1, 0.15) is 0 Å². The molecule has 1 saturated heterocycles. The second-order valence-corrected chi connectivity index (χ2v) is 7.02. The Morgan fingerprint density at radius 1 is 1.11 bits per heavy atom. The maximum absolute atomic E-state index is 12.2. The summed E-state index contributed by atoms with van der Waals surface area (Å²) in [4.78, 5) is 14.2. The lowest BCUT2D eigenvalue weighted by Gasteiger charge is -2.29. The van der Waals surface area contributed by atoms with Gasteiger partial charge in [-0.25, -0.2) is 0 Å². The number of nitrogens with one attached hydrogen (secondary N) is 1. The molecule has 0 aromatic rings. The van der Waals surface area contributed by atoms with Gasteiger partial charge in [0, 0.05) is 24.4 Å². The minimum Gasteiger partial charge on any atom is -0.342 e. The molecule has 0 unspecified atom stereocenters. The maximum atomic E-state index is 12.2. The topological polar surface area (TPSA) is 32.3 Å². The van der Waals surface area contributed by atoms with Crippen molar-refractivity contribution < 1.29 is 4.79 Å². The molecule has 1 aliphatic carbocycles. The van der Waals surface area contributed by atoms with Crippen LogP contribution in [0.2, 0.25) is 0 Å². The van der Waals surface area contributed by atoms with Crippen LogP contribution in [0.3, 0.4) is 0 Å². The molecule has 1 saturated carbocycles. The maximum Gasteiger partial charge on any atom is 0.236 e. The van der Waals surface area contributed by atoms with Crippen LogP contribution in [0.1, 0.15) is 51.4 Å². The first kappa shape index (κ1) is 15.2. The fraction of sp³-hybridized carbons (Fsp3) is 0.933. The number of hydrogen-bond acceptors (Lipinski definition) is 3. The fourth-order valence-electron chi connectivity index (χ4n) is 3.17. The van der Waals surface area contributed by atoms with Crippen molar-refractivity contribution in [3.63, 3.8) is 0 Å². The van der Waals surface area contributed by atoms with Crippen LogP contribution in [-0.4, -0.2) is 48.0 Å². The zero-order chi connectivity index (χ0) is 13.5. The Labute approximate surface area is 121 Å². The molecule has 2 aliphatic rings. The average molecular weight is 284 g/mol. The number of thioether (sulfide) groups is 1. The van der Waals surface area contributed by atoms with Crippen LogP contribution >= 0.6 is 11.8 Å². The van der Waals surface area contributed by atoms with Gasteiger partial charge in [0.2, 0.25) is 5.91 Å². The summed E-state index contributed by atoms with van der Waals surface area (Å²) < 4.78 is 0. The first-order valence-corrected chi connectivity index (χ1v) is 9.12. The van der Waals surface area contributed by atoms with Gasteiger partial charge in [0.25, 0.3) is 0 Å². The summed E-state index contributed by atoms with van der Waals surface area (Å²) in [5.74, 6) is 0.314. The molecule has 1 heterocycles. The number of carbonyl (C=O) groups is 1. The molecule has 2 rings (SSSR count). The molecule has 4 heteroatoms. The van der Waals surface area contributed by atoms with Crippen LogP contribution in [-0.2, 0) is 4.79 Å². The van der Waals surface area contributed by atoms with Gasteiger partial charge in [-0.3, -0.25) is 4.79 Å². The molecule has 1 aliphatic heterocycles. The van der Waals surface area contributed by atoms with Crippen molar-refractivity contribution in [3.05, 3.63) is 0 Å². The molecule has 3 nitrogen and oxygen atoms in total. The number of amides is 1. The highest BCUT2D eigenvalue weighted by Crippen LogP contribution is 2.26. The summed E-state index contributed by atoms with van der Waals surface area (Å²) in [6.07, 6.45) is 12.2. The number of likely N-dealkylation sites (tertiary alicyclic amines) is 1. The molecule has 19 heavy (non-hydrogen) atoms. The molecule has 1 N–H and O–H groups in total. The van der Waals surface area contributed by atoms with Gasteiger partial charge in [-0.15, -0.1) is 0 Å². The highest BCUT2D eigenvalue weighted by Gasteiger charge is 2.22. The highest BCUT2D eigenvalue weighted by atomic mass is 32.2. The van der Waals surface area contributed by atoms with Crippen molar-refractivity contribution >= 4 is 17.7 Å². The third kappa shape index (κ3) is 4.99. The van der Waals surface area contributed by atoms with Crippen molar-refractivity contribution in [2.24, 2.45) is 0 Å². The lowest BCUT2D eigenvalue weighted by atomic mass is 9.95. The lowest BCUT2D eigenvalue weighted by Crippen LogP contribution is -2.43.